The van der Waals surface area contributed by atoms with Gasteiger partial charge in [-0.2, -0.15) is 0 Å². The first kappa shape index (κ1) is 15.9. The summed E-state index contributed by atoms with van der Waals surface area (Å²) in [6.07, 6.45) is 8.60. The second-order valence-electron chi connectivity index (χ2n) is 7.39. The lowest BCUT2D eigenvalue weighted by atomic mass is 9.81. The zero-order valence-electron chi connectivity index (χ0n) is 14.0. The van der Waals surface area contributed by atoms with Crippen LogP contribution in [0.1, 0.15) is 32.1 Å². The summed E-state index contributed by atoms with van der Waals surface area (Å²) >= 11 is 0. The molecule has 2 aromatic rings. The van der Waals surface area contributed by atoms with E-state index in [1.54, 1.807) is 6.33 Å². The molecule has 2 fully saturated rings. The third kappa shape index (κ3) is 3.27. The summed E-state index contributed by atoms with van der Waals surface area (Å²) in [5, 5.41) is 1.01. The van der Waals surface area contributed by atoms with Crippen LogP contribution in [0.4, 0.5) is 5.82 Å². The van der Waals surface area contributed by atoms with Crippen molar-refractivity contribution in [1.82, 2.24) is 15.0 Å². The molecule has 2 heterocycles. The van der Waals surface area contributed by atoms with E-state index in [1.807, 2.05) is 19.3 Å². The average molecular weight is 348 g/mol. The van der Waals surface area contributed by atoms with Crippen LogP contribution in [0.3, 0.4) is 0 Å². The Labute approximate surface area is 142 Å². The van der Waals surface area contributed by atoms with Crippen LogP contribution in [0.25, 0.3) is 11.0 Å². The van der Waals surface area contributed by atoms with E-state index in [1.165, 1.54) is 12.8 Å². The molecule has 0 amide bonds. The molecule has 130 valence electrons. The fourth-order valence-corrected chi connectivity index (χ4v) is 5.51. The first-order valence-corrected chi connectivity index (χ1v) is 10.6. The molecule has 1 N–H and O–H groups in total. The van der Waals surface area contributed by atoms with Gasteiger partial charge in [0.05, 0.1) is 16.9 Å². The topological polar surface area (TPSA) is 79.0 Å². The van der Waals surface area contributed by atoms with Crippen LogP contribution in [0.15, 0.2) is 18.6 Å². The molecule has 2 saturated carbocycles. The van der Waals surface area contributed by atoms with E-state index in [0.29, 0.717) is 29.4 Å². The normalized spacial score (nSPS) is 24.0. The Morgan fingerprint density at radius 3 is 2.79 bits per heavy atom. The van der Waals surface area contributed by atoms with Crippen molar-refractivity contribution in [3.63, 3.8) is 0 Å². The number of fused-ring (bicyclic) bond motifs is 1. The summed E-state index contributed by atoms with van der Waals surface area (Å²) in [7, 11) is -0.846. The third-order valence-corrected chi connectivity index (χ3v) is 7.29. The van der Waals surface area contributed by atoms with E-state index in [9.17, 15) is 8.42 Å². The molecule has 0 aliphatic heterocycles. The van der Waals surface area contributed by atoms with Crippen molar-refractivity contribution in [2.75, 3.05) is 23.5 Å². The van der Waals surface area contributed by atoms with Crippen LogP contribution in [-0.4, -0.2) is 48.0 Å². The lowest BCUT2D eigenvalue weighted by Crippen LogP contribution is -2.45. The maximum Gasteiger partial charge on any atom is 0.150 e. The Kier molecular flexibility index (Phi) is 3.98. The molecule has 2 aromatic heterocycles. The summed E-state index contributed by atoms with van der Waals surface area (Å²) in [5.41, 5.74) is 0.838. The molecule has 2 aliphatic rings. The predicted octanol–water partition coefficient (Wildman–Crippen LogP) is 2.39. The molecule has 24 heavy (non-hydrogen) atoms. The van der Waals surface area contributed by atoms with E-state index in [-0.39, 0.29) is 0 Å². The molecule has 7 heteroatoms. The first-order valence-electron chi connectivity index (χ1n) is 8.73. The molecule has 0 unspecified atom stereocenters. The number of hydrogen-bond acceptors (Lipinski definition) is 5. The molecular weight excluding hydrogens is 324 g/mol. The fraction of sp³-hybridized carbons (Fsp3) is 0.647. The second kappa shape index (κ2) is 6.02. The average Bonchev–Trinajstić information content (AvgIpc) is 3.23. The monoisotopic (exact) mass is 348 g/mol. The predicted molar refractivity (Wildman–Crippen MR) is 94.8 cm³/mol. The maximum absolute atomic E-state index is 12.2. The van der Waals surface area contributed by atoms with E-state index in [2.05, 4.69) is 19.9 Å². The molecule has 0 bridgehead atoms. The van der Waals surface area contributed by atoms with Crippen LogP contribution in [0.2, 0.25) is 0 Å². The Hall–Kier alpha value is -1.63. The molecule has 0 radical (unpaired) electrons. The van der Waals surface area contributed by atoms with Gasteiger partial charge in [0.15, 0.2) is 9.84 Å². The van der Waals surface area contributed by atoms with E-state index in [0.717, 1.165) is 36.1 Å². The molecule has 6 nitrogen and oxygen atoms in total. The minimum atomic E-state index is -2.89. The van der Waals surface area contributed by atoms with Gasteiger partial charge in [0.25, 0.3) is 0 Å². The van der Waals surface area contributed by atoms with E-state index < -0.39 is 9.84 Å². The van der Waals surface area contributed by atoms with Gasteiger partial charge in [-0.1, -0.05) is 12.8 Å². The zero-order valence-corrected chi connectivity index (χ0v) is 14.8. The molecular formula is C17H24N4O2S. The SMILES string of the molecule is CN(c1ncnc2[nH]ccc12)C1CC(CS(=O)(=O)CCC2CC2)C1. The Morgan fingerprint density at radius 2 is 2.04 bits per heavy atom. The number of anilines is 1. The van der Waals surface area contributed by atoms with Gasteiger partial charge in [-0.25, -0.2) is 18.4 Å². The number of nitrogens with one attached hydrogen (secondary N) is 1. The van der Waals surface area contributed by atoms with Crippen molar-refractivity contribution in [1.29, 1.82) is 0 Å². The lowest BCUT2D eigenvalue weighted by molar-refractivity contribution is 0.282. The van der Waals surface area contributed by atoms with E-state index >= 15 is 0 Å². The highest BCUT2D eigenvalue weighted by molar-refractivity contribution is 7.91. The van der Waals surface area contributed by atoms with Crippen LogP contribution >= 0.6 is 0 Å². The van der Waals surface area contributed by atoms with Crippen molar-refractivity contribution in [3.05, 3.63) is 18.6 Å². The van der Waals surface area contributed by atoms with Crippen molar-refractivity contribution >= 4 is 26.7 Å². The molecule has 0 spiro atoms. The van der Waals surface area contributed by atoms with Crippen LogP contribution in [0, 0.1) is 11.8 Å². The van der Waals surface area contributed by atoms with Crippen molar-refractivity contribution in [2.45, 2.75) is 38.1 Å². The second-order valence-corrected chi connectivity index (χ2v) is 9.61. The molecule has 2 aliphatic carbocycles. The molecule has 4 rings (SSSR count). The first-order chi connectivity index (χ1) is 11.5. The number of aromatic nitrogens is 3. The summed E-state index contributed by atoms with van der Waals surface area (Å²) in [6.45, 7) is 0. The molecule has 0 saturated heterocycles. The van der Waals surface area contributed by atoms with Crippen molar-refractivity contribution < 1.29 is 8.42 Å². The smallest absolute Gasteiger partial charge is 0.150 e. The number of rotatable bonds is 7. The maximum atomic E-state index is 12.2. The van der Waals surface area contributed by atoms with Gasteiger partial charge in [-0.3, -0.25) is 0 Å². The number of nitrogens with zero attached hydrogens (tertiary/aromatic N) is 3. The lowest BCUT2D eigenvalue weighted by Gasteiger charge is -2.41. The Morgan fingerprint density at radius 1 is 1.25 bits per heavy atom. The Bertz CT molecular complexity index is 822. The van der Waals surface area contributed by atoms with Gasteiger partial charge >= 0.3 is 0 Å². The summed E-state index contributed by atoms with van der Waals surface area (Å²) < 4.78 is 24.4. The van der Waals surface area contributed by atoms with Crippen molar-refractivity contribution in [3.8, 4) is 0 Å². The molecule has 0 aromatic carbocycles. The highest BCUT2D eigenvalue weighted by atomic mass is 32.2. The van der Waals surface area contributed by atoms with Crippen LogP contribution in [0.5, 0.6) is 0 Å². The van der Waals surface area contributed by atoms with Gasteiger partial charge in [-0.05, 0) is 37.2 Å². The highest BCUT2D eigenvalue weighted by Crippen LogP contribution is 2.37. The Balaban J connectivity index is 1.34. The summed E-state index contributed by atoms with van der Waals surface area (Å²) in [5.74, 6) is 2.63. The molecule has 0 atom stereocenters. The zero-order chi connectivity index (χ0) is 16.7. The number of aromatic amines is 1. The number of hydrogen-bond donors (Lipinski definition) is 1. The van der Waals surface area contributed by atoms with Gasteiger partial charge in [0.2, 0.25) is 0 Å². The standard InChI is InChI=1S/C17H24N4O2S/c1-21(17-15-4-6-18-16(15)19-11-20-17)14-8-13(9-14)10-24(22,23)7-5-12-2-3-12/h4,6,11-14H,2-3,5,7-10H2,1H3,(H,18,19,20). The van der Waals surface area contributed by atoms with Gasteiger partial charge in [-0.15, -0.1) is 0 Å². The summed E-state index contributed by atoms with van der Waals surface area (Å²) in [6, 6.07) is 2.35. The van der Waals surface area contributed by atoms with Crippen LogP contribution in [-0.2, 0) is 9.84 Å². The number of H-pyrrole nitrogens is 1. The van der Waals surface area contributed by atoms with Gasteiger partial charge in [0.1, 0.15) is 17.8 Å². The third-order valence-electron chi connectivity index (χ3n) is 5.45. The fourth-order valence-electron chi connectivity index (χ4n) is 3.66. The quantitative estimate of drug-likeness (QED) is 0.831. The number of sulfone groups is 1. The minimum Gasteiger partial charge on any atom is -0.356 e. The van der Waals surface area contributed by atoms with Gasteiger partial charge < -0.3 is 9.88 Å². The van der Waals surface area contributed by atoms with Crippen molar-refractivity contribution in [2.24, 2.45) is 11.8 Å². The minimum absolute atomic E-state index is 0.296. The van der Waals surface area contributed by atoms with Gasteiger partial charge in [0, 0.05) is 19.3 Å². The van der Waals surface area contributed by atoms with Crippen LogP contribution < -0.4 is 4.90 Å². The van der Waals surface area contributed by atoms with E-state index in [4.69, 9.17) is 0 Å². The summed E-state index contributed by atoms with van der Waals surface area (Å²) in [4.78, 5) is 13.9. The highest BCUT2D eigenvalue weighted by Gasteiger charge is 2.36. The largest absolute Gasteiger partial charge is 0.356 e.